The predicted octanol–water partition coefficient (Wildman–Crippen LogP) is 3.72. The van der Waals surface area contributed by atoms with Gasteiger partial charge >= 0.3 is 6.18 Å². The van der Waals surface area contributed by atoms with Crippen LogP contribution in [0.2, 0.25) is 0 Å². The first-order chi connectivity index (χ1) is 15.3. The number of alkyl halides is 3. The van der Waals surface area contributed by atoms with E-state index < -0.39 is 24.2 Å². The molecule has 1 aromatic carbocycles. The summed E-state index contributed by atoms with van der Waals surface area (Å²) in [5.41, 5.74) is 1.61. The van der Waals surface area contributed by atoms with Gasteiger partial charge in [0.25, 0.3) is 5.91 Å². The molecule has 2 aliphatic heterocycles. The second-order valence-corrected chi connectivity index (χ2v) is 8.46. The number of hydrogen-bond donors (Lipinski definition) is 1. The summed E-state index contributed by atoms with van der Waals surface area (Å²) in [6.07, 6.45) is 0.337. The normalized spacial score (nSPS) is 22.7. The summed E-state index contributed by atoms with van der Waals surface area (Å²) in [4.78, 5) is 20.8. The highest BCUT2D eigenvalue weighted by Crippen LogP contribution is 2.54. The van der Waals surface area contributed by atoms with E-state index in [-0.39, 0.29) is 30.7 Å². The second-order valence-electron chi connectivity index (χ2n) is 8.46. The lowest BCUT2D eigenvalue weighted by atomic mass is 9.60. The highest BCUT2D eigenvalue weighted by atomic mass is 19.4. The van der Waals surface area contributed by atoms with Crippen LogP contribution < -0.4 is 0 Å². The molecule has 0 unspecified atom stereocenters. The van der Waals surface area contributed by atoms with Crippen LogP contribution in [0.3, 0.4) is 0 Å². The number of halogens is 3. The van der Waals surface area contributed by atoms with Gasteiger partial charge in [-0.3, -0.25) is 14.7 Å². The Balaban J connectivity index is 1.62. The van der Waals surface area contributed by atoms with Gasteiger partial charge in [0.05, 0.1) is 24.6 Å². The summed E-state index contributed by atoms with van der Waals surface area (Å²) in [7, 11) is 0. The van der Waals surface area contributed by atoms with Crippen LogP contribution in [0.1, 0.15) is 40.9 Å². The lowest BCUT2D eigenvalue weighted by Crippen LogP contribution is -2.85. The number of hydrogen-bond acceptors (Lipinski definition) is 4. The monoisotopic (exact) mass is 445 g/mol. The highest BCUT2D eigenvalue weighted by molar-refractivity contribution is 5.94. The summed E-state index contributed by atoms with van der Waals surface area (Å²) < 4.78 is 38.1. The van der Waals surface area contributed by atoms with Gasteiger partial charge in [-0.05, 0) is 30.2 Å². The third-order valence-corrected chi connectivity index (χ3v) is 6.43. The maximum Gasteiger partial charge on any atom is 0.390 e. The van der Waals surface area contributed by atoms with E-state index in [2.05, 4.69) is 4.98 Å². The molecular weight excluding hydrogens is 419 g/mol. The van der Waals surface area contributed by atoms with Gasteiger partial charge in [-0.15, -0.1) is 0 Å². The van der Waals surface area contributed by atoms with Crippen molar-refractivity contribution in [1.29, 1.82) is 0 Å². The molecule has 3 heterocycles. The fourth-order valence-electron chi connectivity index (χ4n) is 5.12. The summed E-state index contributed by atoms with van der Waals surface area (Å²) >= 11 is 0. The zero-order valence-corrected chi connectivity index (χ0v) is 17.8. The van der Waals surface area contributed by atoms with Crippen molar-refractivity contribution >= 4 is 12.0 Å². The molecule has 0 aliphatic carbocycles. The van der Waals surface area contributed by atoms with E-state index in [1.54, 1.807) is 28.0 Å². The molecule has 0 saturated carbocycles. The average Bonchev–Trinajstić information content (AvgIpc) is 2.73. The summed E-state index contributed by atoms with van der Waals surface area (Å²) in [5, 5.41) is 10.2. The largest absolute Gasteiger partial charge is 0.394 e. The van der Waals surface area contributed by atoms with E-state index in [1.807, 2.05) is 43.3 Å². The molecule has 2 atom stereocenters. The number of carbonyl (C=O) groups is 1. The Bertz CT molecular complexity index is 970. The molecule has 8 heteroatoms. The molecule has 1 N–H and O–H groups in total. The van der Waals surface area contributed by atoms with Crippen molar-refractivity contribution in [2.75, 3.05) is 26.2 Å². The summed E-state index contributed by atoms with van der Waals surface area (Å²) in [6.45, 7) is 2.26. The molecule has 2 aliphatic rings. The number of carbonyl (C=O) groups excluding carboxylic acids is 1. The van der Waals surface area contributed by atoms with Crippen LogP contribution >= 0.6 is 0 Å². The second kappa shape index (κ2) is 8.67. The van der Waals surface area contributed by atoms with Crippen LogP contribution in [0.15, 0.2) is 54.7 Å². The van der Waals surface area contributed by atoms with Crippen LogP contribution in [-0.4, -0.2) is 69.8 Å². The number of amides is 1. The SMILES string of the molecule is CC=Cc1ccc([C@H]2[C@@H](CO)N(C(=O)c3ccccn3)C23CN(CCC(F)(F)F)C3)cc1. The third kappa shape index (κ3) is 4.04. The molecule has 2 fully saturated rings. The Morgan fingerprint density at radius 2 is 1.94 bits per heavy atom. The number of benzene rings is 1. The van der Waals surface area contributed by atoms with E-state index in [0.29, 0.717) is 13.1 Å². The van der Waals surface area contributed by atoms with Gasteiger partial charge in [-0.25, -0.2) is 0 Å². The fraction of sp³-hybridized carbons (Fsp3) is 0.417. The van der Waals surface area contributed by atoms with Gasteiger partial charge in [0.2, 0.25) is 0 Å². The Labute approximate surface area is 185 Å². The standard InChI is InChI=1S/C24H26F3N3O2/c1-2-5-17-7-9-18(10-8-17)21-20(14-31)30(22(32)19-6-3-4-12-28-19)23(21)15-29(16-23)13-11-24(25,26)27/h2-10,12,20-21,31H,11,13-16H2,1H3/t20-,21+/m1/s1. The number of nitrogens with zero attached hydrogens (tertiary/aromatic N) is 3. The van der Waals surface area contributed by atoms with Crippen LogP contribution in [0.4, 0.5) is 13.2 Å². The van der Waals surface area contributed by atoms with Crippen LogP contribution in [0, 0.1) is 0 Å². The lowest BCUT2D eigenvalue weighted by Gasteiger charge is -2.70. The Morgan fingerprint density at radius 3 is 2.50 bits per heavy atom. The minimum Gasteiger partial charge on any atom is -0.394 e. The minimum absolute atomic E-state index is 0.104. The van der Waals surface area contributed by atoms with E-state index in [9.17, 15) is 23.1 Å². The van der Waals surface area contributed by atoms with Gasteiger partial charge in [-0.2, -0.15) is 13.2 Å². The van der Waals surface area contributed by atoms with Gasteiger partial charge < -0.3 is 10.0 Å². The molecule has 5 nitrogen and oxygen atoms in total. The number of rotatable bonds is 6. The van der Waals surface area contributed by atoms with Crippen molar-refractivity contribution in [3.05, 3.63) is 71.6 Å². The Hall–Kier alpha value is -2.71. The first kappa shape index (κ1) is 22.5. The zero-order chi connectivity index (χ0) is 22.9. The molecule has 4 rings (SSSR count). The van der Waals surface area contributed by atoms with Gasteiger partial charge in [0, 0.05) is 31.7 Å². The Kier molecular flexibility index (Phi) is 6.09. The molecule has 170 valence electrons. The van der Waals surface area contributed by atoms with Crippen LogP contribution in [0.25, 0.3) is 6.08 Å². The molecule has 2 aromatic rings. The molecular formula is C24H26F3N3O2. The number of aliphatic hydroxyl groups excluding tert-OH is 1. The van der Waals surface area contributed by atoms with E-state index in [0.717, 1.165) is 11.1 Å². The Morgan fingerprint density at radius 1 is 1.22 bits per heavy atom. The first-order valence-corrected chi connectivity index (χ1v) is 10.7. The molecule has 0 radical (unpaired) electrons. The van der Waals surface area contributed by atoms with Crippen molar-refractivity contribution < 1.29 is 23.1 Å². The summed E-state index contributed by atoms with van der Waals surface area (Å²) in [6, 6.07) is 12.5. The molecule has 1 spiro atoms. The molecule has 1 amide bonds. The number of aliphatic hydroxyl groups is 1. The topological polar surface area (TPSA) is 56.7 Å². The molecule has 32 heavy (non-hydrogen) atoms. The zero-order valence-electron chi connectivity index (χ0n) is 17.8. The van der Waals surface area contributed by atoms with Gasteiger partial charge in [-0.1, -0.05) is 42.5 Å². The molecule has 2 saturated heterocycles. The number of likely N-dealkylation sites (tertiary alicyclic amines) is 2. The molecule has 1 aromatic heterocycles. The van der Waals surface area contributed by atoms with Gasteiger partial charge in [0.1, 0.15) is 5.69 Å². The van der Waals surface area contributed by atoms with Crippen molar-refractivity contribution in [3.8, 4) is 0 Å². The highest BCUT2D eigenvalue weighted by Gasteiger charge is 2.67. The quantitative estimate of drug-likeness (QED) is 0.737. The number of aromatic nitrogens is 1. The average molecular weight is 445 g/mol. The van der Waals surface area contributed by atoms with E-state index in [4.69, 9.17) is 0 Å². The van der Waals surface area contributed by atoms with Crippen molar-refractivity contribution in [2.45, 2.75) is 37.0 Å². The van der Waals surface area contributed by atoms with Crippen molar-refractivity contribution in [1.82, 2.24) is 14.8 Å². The minimum atomic E-state index is -4.22. The van der Waals surface area contributed by atoms with E-state index >= 15 is 0 Å². The number of pyridine rings is 1. The maximum atomic E-state index is 13.3. The third-order valence-electron chi connectivity index (χ3n) is 6.43. The van der Waals surface area contributed by atoms with Crippen molar-refractivity contribution in [3.63, 3.8) is 0 Å². The summed E-state index contributed by atoms with van der Waals surface area (Å²) in [5.74, 6) is -0.469. The van der Waals surface area contributed by atoms with Gasteiger partial charge in [0.15, 0.2) is 0 Å². The first-order valence-electron chi connectivity index (χ1n) is 10.7. The lowest BCUT2D eigenvalue weighted by molar-refractivity contribution is -0.179. The maximum absolute atomic E-state index is 13.3. The van der Waals surface area contributed by atoms with E-state index in [1.165, 1.54) is 6.20 Å². The van der Waals surface area contributed by atoms with Crippen LogP contribution in [-0.2, 0) is 0 Å². The number of allylic oxidation sites excluding steroid dienone is 1. The molecule has 0 bridgehead atoms. The fourth-order valence-corrected chi connectivity index (χ4v) is 5.12. The van der Waals surface area contributed by atoms with Crippen molar-refractivity contribution in [2.24, 2.45) is 0 Å². The predicted molar refractivity (Wildman–Crippen MR) is 115 cm³/mol. The van der Waals surface area contributed by atoms with Crippen LogP contribution in [0.5, 0.6) is 0 Å². The smallest absolute Gasteiger partial charge is 0.390 e.